The van der Waals surface area contributed by atoms with Gasteiger partial charge in [-0.2, -0.15) is 0 Å². The van der Waals surface area contributed by atoms with Gasteiger partial charge in [0, 0.05) is 46.2 Å². The smallest absolute Gasteiger partial charge is 0.224 e. The van der Waals surface area contributed by atoms with E-state index in [4.69, 9.17) is 9.47 Å². The Morgan fingerprint density at radius 1 is 1.52 bits per heavy atom. The molecule has 1 aliphatic carbocycles. The zero-order chi connectivity index (χ0) is 16.4. The minimum atomic E-state index is -0.801. The van der Waals surface area contributed by atoms with Crippen LogP contribution in [0.5, 0.6) is 11.5 Å². The van der Waals surface area contributed by atoms with Crippen molar-refractivity contribution in [2.75, 3.05) is 32.3 Å². The normalized spacial score (nSPS) is 26.1. The third kappa shape index (κ3) is 3.22. The van der Waals surface area contributed by atoms with Crippen molar-refractivity contribution >= 4 is 16.7 Å². The summed E-state index contributed by atoms with van der Waals surface area (Å²) in [6, 6.07) is 5.82. The van der Waals surface area contributed by atoms with Crippen molar-refractivity contribution in [2.24, 2.45) is 5.92 Å². The number of carbonyl (C=O) groups excluding carboxylic acids is 1. The van der Waals surface area contributed by atoms with Gasteiger partial charge in [-0.3, -0.25) is 9.00 Å². The molecule has 1 aromatic carbocycles. The van der Waals surface area contributed by atoms with E-state index in [1.807, 2.05) is 18.2 Å². The molecular formula is C17H23NO4S. The summed E-state index contributed by atoms with van der Waals surface area (Å²) in [7, 11) is 0.844. The van der Waals surface area contributed by atoms with Crippen molar-refractivity contribution in [2.45, 2.75) is 24.7 Å². The van der Waals surface area contributed by atoms with Crippen LogP contribution in [0.4, 0.5) is 0 Å². The highest BCUT2D eigenvalue weighted by molar-refractivity contribution is 7.84. The molecule has 1 spiro atoms. The maximum atomic E-state index is 12.4. The van der Waals surface area contributed by atoms with Gasteiger partial charge in [0.2, 0.25) is 5.91 Å². The lowest BCUT2D eigenvalue weighted by atomic mass is 9.87. The maximum Gasteiger partial charge on any atom is 0.224 e. The van der Waals surface area contributed by atoms with E-state index < -0.39 is 10.8 Å². The molecule has 126 valence electrons. The van der Waals surface area contributed by atoms with E-state index >= 15 is 0 Å². The zero-order valence-electron chi connectivity index (χ0n) is 13.6. The first-order valence-electron chi connectivity index (χ1n) is 7.96. The van der Waals surface area contributed by atoms with Gasteiger partial charge in [0.05, 0.1) is 13.7 Å². The molecule has 1 fully saturated rings. The molecule has 0 saturated heterocycles. The molecule has 2 aliphatic rings. The number of fused-ring (bicyclic) bond motifs is 2. The second kappa shape index (κ2) is 6.51. The number of carbonyl (C=O) groups is 1. The molecule has 1 N–H and O–H groups in total. The number of hydrogen-bond acceptors (Lipinski definition) is 4. The monoisotopic (exact) mass is 337 g/mol. The standard InChI is InChI=1S/C17H23NO4S/c1-21-12-4-5-15-13(10-12)17(6-8-22-15)11-14(17)16(19)18-7-3-9-23(2)20/h4-5,10,14H,3,6-9,11H2,1-2H3,(H,18,19)/t14-,17-,23-/m1/s1. The molecule has 3 rings (SSSR count). The lowest BCUT2D eigenvalue weighted by molar-refractivity contribution is -0.122. The predicted octanol–water partition coefficient (Wildman–Crippen LogP) is 1.62. The summed E-state index contributed by atoms with van der Waals surface area (Å²) >= 11 is 0. The number of rotatable bonds is 6. The Kier molecular flexibility index (Phi) is 4.62. The lowest BCUT2D eigenvalue weighted by Gasteiger charge is -2.27. The minimum Gasteiger partial charge on any atom is -0.497 e. The first-order chi connectivity index (χ1) is 11.1. The van der Waals surface area contributed by atoms with Gasteiger partial charge in [0.25, 0.3) is 0 Å². The van der Waals surface area contributed by atoms with Gasteiger partial charge in [-0.15, -0.1) is 0 Å². The Morgan fingerprint density at radius 2 is 2.35 bits per heavy atom. The first-order valence-corrected chi connectivity index (χ1v) is 9.68. The summed E-state index contributed by atoms with van der Waals surface area (Å²) in [6.45, 7) is 1.24. The number of benzene rings is 1. The van der Waals surface area contributed by atoms with Crippen LogP contribution in [0.1, 0.15) is 24.8 Å². The number of methoxy groups -OCH3 is 1. The molecule has 0 bridgehead atoms. The molecule has 1 amide bonds. The van der Waals surface area contributed by atoms with E-state index in [2.05, 4.69) is 5.32 Å². The molecule has 0 aromatic heterocycles. The lowest BCUT2D eigenvalue weighted by Crippen LogP contribution is -2.32. The molecule has 0 unspecified atom stereocenters. The van der Waals surface area contributed by atoms with Crippen LogP contribution in [0.3, 0.4) is 0 Å². The summed E-state index contributed by atoms with van der Waals surface area (Å²) in [5, 5.41) is 2.99. The van der Waals surface area contributed by atoms with Gasteiger partial charge in [-0.05, 0) is 37.5 Å². The Bertz CT molecular complexity index is 633. The van der Waals surface area contributed by atoms with Crippen LogP contribution in [0.2, 0.25) is 0 Å². The Labute approximate surface area is 139 Å². The second-order valence-electron chi connectivity index (χ2n) is 6.30. The van der Waals surface area contributed by atoms with E-state index in [0.29, 0.717) is 18.9 Å². The second-order valence-corrected chi connectivity index (χ2v) is 7.85. The fourth-order valence-corrected chi connectivity index (χ4v) is 4.01. The van der Waals surface area contributed by atoms with Crippen LogP contribution in [0, 0.1) is 5.92 Å². The van der Waals surface area contributed by atoms with Gasteiger partial charge in [0.1, 0.15) is 11.5 Å². The number of ether oxygens (including phenoxy) is 2. The summed E-state index contributed by atoms with van der Waals surface area (Å²) in [6.07, 6.45) is 4.17. The fraction of sp³-hybridized carbons (Fsp3) is 0.588. The molecule has 3 atom stereocenters. The van der Waals surface area contributed by atoms with E-state index in [9.17, 15) is 9.00 Å². The highest BCUT2D eigenvalue weighted by Crippen LogP contribution is 2.61. The van der Waals surface area contributed by atoms with Crippen molar-refractivity contribution in [1.82, 2.24) is 5.32 Å². The molecule has 23 heavy (non-hydrogen) atoms. The van der Waals surface area contributed by atoms with Crippen LogP contribution in [0.15, 0.2) is 18.2 Å². The summed E-state index contributed by atoms with van der Waals surface area (Å²) in [5.74, 6) is 2.40. The van der Waals surface area contributed by atoms with Gasteiger partial charge in [0.15, 0.2) is 0 Å². The molecular weight excluding hydrogens is 314 g/mol. The number of amides is 1. The van der Waals surface area contributed by atoms with E-state index in [0.717, 1.165) is 36.3 Å². The largest absolute Gasteiger partial charge is 0.497 e. The van der Waals surface area contributed by atoms with E-state index in [1.54, 1.807) is 13.4 Å². The van der Waals surface area contributed by atoms with Crippen molar-refractivity contribution < 1.29 is 18.5 Å². The molecule has 1 aliphatic heterocycles. The van der Waals surface area contributed by atoms with Crippen LogP contribution >= 0.6 is 0 Å². The average Bonchev–Trinajstić information content (AvgIpc) is 3.26. The van der Waals surface area contributed by atoms with E-state index in [-0.39, 0.29) is 17.2 Å². The third-order valence-electron chi connectivity index (χ3n) is 4.83. The average molecular weight is 337 g/mol. The van der Waals surface area contributed by atoms with Crippen LogP contribution in [0.25, 0.3) is 0 Å². The molecule has 5 nitrogen and oxygen atoms in total. The quantitative estimate of drug-likeness (QED) is 0.801. The summed E-state index contributed by atoms with van der Waals surface area (Å²) in [4.78, 5) is 12.4. The Balaban J connectivity index is 1.67. The SMILES string of the molecule is COc1ccc2c(c1)[C@@]1(CCO2)C[C@@H]1C(=O)NCCC[S@@](C)=O. The summed E-state index contributed by atoms with van der Waals surface area (Å²) in [5.41, 5.74) is 0.998. The molecule has 1 heterocycles. The third-order valence-corrected chi connectivity index (χ3v) is 5.69. The molecule has 6 heteroatoms. The highest BCUT2D eigenvalue weighted by atomic mass is 32.2. The van der Waals surface area contributed by atoms with Crippen LogP contribution < -0.4 is 14.8 Å². The van der Waals surface area contributed by atoms with Crippen LogP contribution in [-0.2, 0) is 21.0 Å². The minimum absolute atomic E-state index is 0.00406. The van der Waals surface area contributed by atoms with Crippen LogP contribution in [-0.4, -0.2) is 42.4 Å². The van der Waals surface area contributed by atoms with Crippen molar-refractivity contribution in [3.8, 4) is 11.5 Å². The topological polar surface area (TPSA) is 64.6 Å². The van der Waals surface area contributed by atoms with Gasteiger partial charge in [-0.25, -0.2) is 0 Å². The highest BCUT2D eigenvalue weighted by Gasteiger charge is 2.61. The molecule has 1 aromatic rings. The maximum absolute atomic E-state index is 12.4. The van der Waals surface area contributed by atoms with Gasteiger partial charge < -0.3 is 14.8 Å². The predicted molar refractivity (Wildman–Crippen MR) is 89.5 cm³/mol. The van der Waals surface area contributed by atoms with Gasteiger partial charge in [-0.1, -0.05) is 0 Å². The van der Waals surface area contributed by atoms with E-state index in [1.165, 1.54) is 0 Å². The Morgan fingerprint density at radius 3 is 3.09 bits per heavy atom. The number of hydrogen-bond donors (Lipinski definition) is 1. The fourth-order valence-electron chi connectivity index (χ4n) is 3.46. The molecule has 1 saturated carbocycles. The molecule has 0 radical (unpaired) electrons. The Hall–Kier alpha value is -1.56. The van der Waals surface area contributed by atoms with Gasteiger partial charge >= 0.3 is 0 Å². The number of nitrogens with one attached hydrogen (secondary N) is 1. The summed E-state index contributed by atoms with van der Waals surface area (Å²) < 4.78 is 22.1. The first kappa shape index (κ1) is 16.3. The van der Waals surface area contributed by atoms with Crippen molar-refractivity contribution in [3.05, 3.63) is 23.8 Å². The van der Waals surface area contributed by atoms with Crippen molar-refractivity contribution in [1.29, 1.82) is 0 Å². The zero-order valence-corrected chi connectivity index (χ0v) is 14.4. The van der Waals surface area contributed by atoms with Crippen molar-refractivity contribution in [3.63, 3.8) is 0 Å².